The lowest BCUT2D eigenvalue weighted by atomic mass is 10.1. The van der Waals surface area contributed by atoms with E-state index in [0.29, 0.717) is 0 Å². The first-order valence-electron chi connectivity index (χ1n) is 3.84. The molecule has 6 heteroatoms. The fraction of sp³-hybridized carbons (Fsp3) is 0.222. The lowest BCUT2D eigenvalue weighted by molar-refractivity contribution is 0.145. The molecule has 0 fully saturated rings. The number of rotatable bonds is 2. The highest BCUT2D eigenvalue weighted by Crippen LogP contribution is 2.29. The van der Waals surface area contributed by atoms with E-state index in [-0.39, 0.29) is 22.0 Å². The van der Waals surface area contributed by atoms with Gasteiger partial charge in [-0.05, 0) is 15.9 Å². The summed E-state index contributed by atoms with van der Waals surface area (Å²) in [7, 11) is 0. The molecule has 0 aliphatic heterocycles. The maximum absolute atomic E-state index is 12.5. The van der Waals surface area contributed by atoms with E-state index in [1.165, 1.54) is 0 Å². The van der Waals surface area contributed by atoms with Gasteiger partial charge in [0, 0.05) is 16.2 Å². The number of aromatic nitrogens is 1. The first-order valence-corrected chi connectivity index (χ1v) is 4.63. The summed E-state index contributed by atoms with van der Waals surface area (Å²) in [6.45, 7) is 0. The van der Waals surface area contributed by atoms with Crippen molar-refractivity contribution in [2.75, 3.05) is 0 Å². The molecule has 0 aliphatic rings. The van der Waals surface area contributed by atoms with Gasteiger partial charge in [-0.2, -0.15) is 10.5 Å². The Labute approximate surface area is 93.1 Å². The van der Waals surface area contributed by atoms with Crippen LogP contribution in [-0.2, 0) is 6.42 Å². The van der Waals surface area contributed by atoms with Crippen molar-refractivity contribution in [3.05, 3.63) is 27.5 Å². The van der Waals surface area contributed by atoms with Gasteiger partial charge in [0.15, 0.2) is 0 Å². The minimum absolute atomic E-state index is 0.0755. The molecule has 0 unspecified atom stereocenters. The molecule has 1 aromatic heterocycles. The minimum atomic E-state index is -2.75. The van der Waals surface area contributed by atoms with Crippen LogP contribution in [0.3, 0.4) is 0 Å². The van der Waals surface area contributed by atoms with Gasteiger partial charge in [-0.3, -0.25) is 4.98 Å². The second kappa shape index (κ2) is 4.81. The third kappa shape index (κ3) is 2.28. The van der Waals surface area contributed by atoms with Gasteiger partial charge in [0.25, 0.3) is 6.43 Å². The summed E-state index contributed by atoms with van der Waals surface area (Å²) in [6.07, 6.45) is -1.90. The molecule has 0 spiro atoms. The number of hydrogen-bond acceptors (Lipinski definition) is 3. The van der Waals surface area contributed by atoms with E-state index in [1.807, 2.05) is 0 Å². The maximum atomic E-state index is 12.5. The number of halogens is 3. The fourth-order valence-electron chi connectivity index (χ4n) is 1.06. The molecule has 0 aliphatic carbocycles. The zero-order valence-corrected chi connectivity index (χ0v) is 8.92. The Kier molecular flexibility index (Phi) is 3.70. The second-order valence-corrected chi connectivity index (χ2v) is 3.39. The molecule has 0 atom stereocenters. The number of nitriles is 2. The van der Waals surface area contributed by atoms with Crippen LogP contribution in [0, 0.1) is 22.7 Å². The molecular weight excluding hydrogens is 268 g/mol. The van der Waals surface area contributed by atoms with Gasteiger partial charge in [-0.25, -0.2) is 8.78 Å². The van der Waals surface area contributed by atoms with E-state index in [9.17, 15) is 8.78 Å². The van der Waals surface area contributed by atoms with Gasteiger partial charge in [0.1, 0.15) is 11.8 Å². The zero-order valence-electron chi connectivity index (χ0n) is 7.34. The molecule has 0 radical (unpaired) electrons. The molecule has 0 amide bonds. The predicted molar refractivity (Wildman–Crippen MR) is 50.9 cm³/mol. The molecule has 3 nitrogen and oxygen atoms in total. The summed E-state index contributed by atoms with van der Waals surface area (Å²) in [5.74, 6) is 0. The summed E-state index contributed by atoms with van der Waals surface area (Å²) in [5.41, 5.74) is -0.237. The first-order chi connectivity index (χ1) is 7.11. The largest absolute Gasteiger partial charge is 0.280 e. The standard InChI is InChI=1S/C9H4BrF2N3/c10-7-5(3-14)4-15-8(9(11)12)6(7)1-2-13/h4,9H,1H2. The van der Waals surface area contributed by atoms with E-state index in [4.69, 9.17) is 10.5 Å². The van der Waals surface area contributed by atoms with Crippen molar-refractivity contribution in [1.82, 2.24) is 4.98 Å². The van der Waals surface area contributed by atoms with Crippen LogP contribution in [0.2, 0.25) is 0 Å². The summed E-state index contributed by atoms with van der Waals surface area (Å²) in [5, 5.41) is 17.1. The van der Waals surface area contributed by atoms with Crippen molar-refractivity contribution < 1.29 is 8.78 Å². The molecule has 0 N–H and O–H groups in total. The summed E-state index contributed by atoms with van der Waals surface area (Å²) in [4.78, 5) is 3.47. The van der Waals surface area contributed by atoms with E-state index in [1.54, 1.807) is 12.1 Å². The highest BCUT2D eigenvalue weighted by Gasteiger charge is 2.19. The van der Waals surface area contributed by atoms with E-state index in [0.717, 1.165) is 6.20 Å². The molecule has 15 heavy (non-hydrogen) atoms. The van der Waals surface area contributed by atoms with Crippen molar-refractivity contribution >= 4 is 15.9 Å². The number of pyridine rings is 1. The van der Waals surface area contributed by atoms with Crippen molar-refractivity contribution in [3.63, 3.8) is 0 Å². The molecule has 1 rings (SSSR count). The van der Waals surface area contributed by atoms with Gasteiger partial charge >= 0.3 is 0 Å². The van der Waals surface area contributed by atoms with Crippen molar-refractivity contribution in [1.29, 1.82) is 10.5 Å². The highest BCUT2D eigenvalue weighted by molar-refractivity contribution is 9.10. The minimum Gasteiger partial charge on any atom is -0.253 e. The van der Waals surface area contributed by atoms with Crippen molar-refractivity contribution in [3.8, 4) is 12.1 Å². The summed E-state index contributed by atoms with van der Waals surface area (Å²) >= 11 is 3.01. The van der Waals surface area contributed by atoms with Gasteiger partial charge in [0.2, 0.25) is 0 Å². The highest BCUT2D eigenvalue weighted by atomic mass is 79.9. The van der Waals surface area contributed by atoms with E-state index in [2.05, 4.69) is 20.9 Å². The molecule has 0 aromatic carbocycles. The topological polar surface area (TPSA) is 60.5 Å². The number of hydrogen-bond donors (Lipinski definition) is 0. The van der Waals surface area contributed by atoms with Gasteiger partial charge < -0.3 is 0 Å². The quantitative estimate of drug-likeness (QED) is 0.831. The Morgan fingerprint density at radius 1 is 1.47 bits per heavy atom. The van der Waals surface area contributed by atoms with Gasteiger partial charge in [-0.1, -0.05) is 0 Å². The Morgan fingerprint density at radius 2 is 2.13 bits per heavy atom. The molecule has 76 valence electrons. The Balaban J connectivity index is 3.40. The Bertz CT molecular complexity index is 460. The summed E-state index contributed by atoms with van der Waals surface area (Å²) in [6, 6.07) is 3.56. The molecule has 0 saturated heterocycles. The smallest absolute Gasteiger partial charge is 0.253 e. The molecule has 1 heterocycles. The number of nitrogens with zero attached hydrogens (tertiary/aromatic N) is 3. The maximum Gasteiger partial charge on any atom is 0.280 e. The Hall–Kier alpha value is -1.53. The third-order valence-corrected chi connectivity index (χ3v) is 2.63. The number of alkyl halides is 2. The van der Waals surface area contributed by atoms with Gasteiger partial charge in [-0.15, -0.1) is 0 Å². The molecule has 0 bridgehead atoms. The van der Waals surface area contributed by atoms with Crippen LogP contribution in [0.1, 0.15) is 23.2 Å². The monoisotopic (exact) mass is 271 g/mol. The van der Waals surface area contributed by atoms with Crippen LogP contribution in [0.25, 0.3) is 0 Å². The van der Waals surface area contributed by atoms with Crippen LogP contribution in [0.5, 0.6) is 0 Å². The molecule has 1 aromatic rings. The third-order valence-electron chi connectivity index (χ3n) is 1.73. The van der Waals surface area contributed by atoms with Crippen molar-refractivity contribution in [2.45, 2.75) is 12.8 Å². The van der Waals surface area contributed by atoms with E-state index >= 15 is 0 Å². The summed E-state index contributed by atoms with van der Waals surface area (Å²) < 4.78 is 25.2. The average Bonchev–Trinajstić information content (AvgIpc) is 2.20. The van der Waals surface area contributed by atoms with Crippen molar-refractivity contribution in [2.24, 2.45) is 0 Å². The van der Waals surface area contributed by atoms with Crippen LogP contribution < -0.4 is 0 Å². The molecular formula is C9H4BrF2N3. The Morgan fingerprint density at radius 3 is 2.60 bits per heavy atom. The van der Waals surface area contributed by atoms with Crippen LogP contribution in [-0.4, -0.2) is 4.98 Å². The zero-order chi connectivity index (χ0) is 11.4. The normalized spacial score (nSPS) is 9.73. The second-order valence-electron chi connectivity index (χ2n) is 2.60. The van der Waals surface area contributed by atoms with Crippen LogP contribution in [0.15, 0.2) is 10.7 Å². The van der Waals surface area contributed by atoms with Crippen LogP contribution in [0.4, 0.5) is 8.78 Å². The first kappa shape index (κ1) is 11.5. The lowest BCUT2D eigenvalue weighted by Gasteiger charge is -2.07. The van der Waals surface area contributed by atoms with E-state index < -0.39 is 12.1 Å². The average molecular weight is 272 g/mol. The predicted octanol–water partition coefficient (Wildman–Crippen LogP) is 2.72. The fourth-order valence-corrected chi connectivity index (χ4v) is 1.59. The lowest BCUT2D eigenvalue weighted by Crippen LogP contribution is -2.01. The van der Waals surface area contributed by atoms with Gasteiger partial charge in [0.05, 0.1) is 18.1 Å². The molecule has 0 saturated carbocycles. The van der Waals surface area contributed by atoms with Crippen LogP contribution >= 0.6 is 15.9 Å². The SMILES string of the molecule is N#CCc1c(C(F)F)ncc(C#N)c1Br.